The number of aromatic nitrogens is 3. The third kappa shape index (κ3) is 3.44. The second-order valence-corrected chi connectivity index (χ2v) is 8.95. The number of fused-ring (bicyclic) bond motifs is 4. The van der Waals surface area contributed by atoms with E-state index in [1.54, 1.807) is 6.07 Å². The van der Waals surface area contributed by atoms with Crippen LogP contribution in [0, 0.1) is 25.2 Å². The Labute approximate surface area is 188 Å². The number of hydrogen-bond donors (Lipinski definition) is 2. The van der Waals surface area contributed by atoms with Gasteiger partial charge in [-0.15, -0.1) is 5.10 Å². The molecule has 0 radical (unpaired) electrons. The highest BCUT2D eigenvalue weighted by atomic mass is 15.3. The first kappa shape index (κ1) is 20.6. The molecule has 8 heteroatoms. The second-order valence-electron chi connectivity index (χ2n) is 8.95. The van der Waals surface area contributed by atoms with Crippen molar-refractivity contribution in [1.29, 1.82) is 5.26 Å². The van der Waals surface area contributed by atoms with Crippen LogP contribution < -0.4 is 16.0 Å². The van der Waals surface area contributed by atoms with Gasteiger partial charge in [0.05, 0.1) is 17.3 Å². The van der Waals surface area contributed by atoms with Gasteiger partial charge in [0.1, 0.15) is 12.0 Å². The van der Waals surface area contributed by atoms with Crippen LogP contribution in [0.5, 0.6) is 0 Å². The fourth-order valence-corrected chi connectivity index (χ4v) is 5.08. The fourth-order valence-electron chi connectivity index (χ4n) is 5.08. The molecular formula is C24H28N8. The molecule has 2 aromatic heterocycles. The monoisotopic (exact) mass is 428 g/mol. The van der Waals surface area contributed by atoms with Crippen molar-refractivity contribution in [2.75, 3.05) is 30.4 Å². The summed E-state index contributed by atoms with van der Waals surface area (Å²) in [5.74, 6) is 1.61. The highest BCUT2D eigenvalue weighted by molar-refractivity contribution is 5.94. The molecule has 3 aliphatic heterocycles. The minimum absolute atomic E-state index is 0.487. The van der Waals surface area contributed by atoms with Crippen molar-refractivity contribution in [3.05, 3.63) is 52.8 Å². The molecule has 5 heterocycles. The molecule has 1 aromatic carbocycles. The molecule has 3 N–H and O–H groups in total. The summed E-state index contributed by atoms with van der Waals surface area (Å²) in [6, 6.07) is 11.0. The lowest BCUT2D eigenvalue weighted by atomic mass is 9.91. The summed E-state index contributed by atoms with van der Waals surface area (Å²) < 4.78 is 0. The zero-order valence-electron chi connectivity index (χ0n) is 18.7. The van der Waals surface area contributed by atoms with Crippen molar-refractivity contribution < 1.29 is 0 Å². The van der Waals surface area contributed by atoms with Gasteiger partial charge in [0, 0.05) is 42.1 Å². The molecule has 0 amide bonds. The first-order valence-corrected chi connectivity index (χ1v) is 11.1. The minimum Gasteiger partial charge on any atom is -0.351 e. The quantitative estimate of drug-likeness (QED) is 0.611. The predicted octanol–water partition coefficient (Wildman–Crippen LogP) is 2.87. The van der Waals surface area contributed by atoms with Crippen LogP contribution in [0.15, 0.2) is 30.5 Å². The van der Waals surface area contributed by atoms with Crippen molar-refractivity contribution in [2.45, 2.75) is 44.9 Å². The van der Waals surface area contributed by atoms with Gasteiger partial charge in [-0.05, 0) is 57.0 Å². The van der Waals surface area contributed by atoms with E-state index < -0.39 is 6.17 Å². The molecular weight excluding hydrogens is 400 g/mol. The van der Waals surface area contributed by atoms with Crippen LogP contribution in [0.1, 0.15) is 41.4 Å². The zero-order valence-corrected chi connectivity index (χ0v) is 18.7. The Hall–Kier alpha value is -3.28. The molecule has 164 valence electrons. The molecule has 0 spiro atoms. The number of nitriles is 1. The van der Waals surface area contributed by atoms with Crippen LogP contribution in [-0.2, 0) is 0 Å². The fraction of sp³-hybridized carbons (Fsp3) is 0.417. The van der Waals surface area contributed by atoms with Gasteiger partial charge in [0.15, 0.2) is 5.82 Å². The number of anilines is 2. The standard InChI is InChI=1S/C24H28N8/c1-14-16(10-25)5-4-6-19(14)23(26)28-24-20-9-22(27-11-21(20)15(2)29-30-24)32-13-17-7-8-18(32)12-31(17)3/h4-6,9,11,17-18,23H,7-8,12-13,26H2,1-3H3,(H,28,30)/t17?,18?,23-/m0/s1. The van der Waals surface area contributed by atoms with Gasteiger partial charge < -0.3 is 16.0 Å². The van der Waals surface area contributed by atoms with E-state index in [-0.39, 0.29) is 0 Å². The molecule has 32 heavy (non-hydrogen) atoms. The number of aryl methyl sites for hydroxylation is 1. The lowest BCUT2D eigenvalue weighted by Crippen LogP contribution is -2.61. The van der Waals surface area contributed by atoms with Crippen molar-refractivity contribution in [3.8, 4) is 6.07 Å². The number of piperazine rings is 1. The summed E-state index contributed by atoms with van der Waals surface area (Å²) in [7, 11) is 2.22. The van der Waals surface area contributed by atoms with E-state index in [0.717, 1.165) is 46.5 Å². The van der Waals surface area contributed by atoms with E-state index in [9.17, 15) is 5.26 Å². The second kappa shape index (κ2) is 8.01. The molecule has 3 saturated heterocycles. The lowest BCUT2D eigenvalue weighted by Gasteiger charge is -2.50. The summed E-state index contributed by atoms with van der Waals surface area (Å²) >= 11 is 0. The van der Waals surface area contributed by atoms with Gasteiger partial charge in [-0.1, -0.05) is 12.1 Å². The molecule has 8 nitrogen and oxygen atoms in total. The maximum absolute atomic E-state index is 9.35. The number of likely N-dealkylation sites (N-methyl/N-ethyl adjacent to an activating group) is 1. The molecule has 3 atom stereocenters. The van der Waals surface area contributed by atoms with Gasteiger partial charge >= 0.3 is 0 Å². The van der Waals surface area contributed by atoms with E-state index in [2.05, 4.69) is 44.5 Å². The number of rotatable bonds is 4. The average Bonchev–Trinajstić information content (AvgIpc) is 2.81. The number of nitrogens with zero attached hydrogens (tertiary/aromatic N) is 6. The topological polar surface area (TPSA) is 107 Å². The van der Waals surface area contributed by atoms with Crippen LogP contribution in [0.2, 0.25) is 0 Å². The van der Waals surface area contributed by atoms with Crippen molar-refractivity contribution in [2.24, 2.45) is 5.73 Å². The maximum atomic E-state index is 9.35. The largest absolute Gasteiger partial charge is 0.351 e. The summed E-state index contributed by atoms with van der Waals surface area (Å²) in [5.41, 5.74) is 9.70. The molecule has 6 rings (SSSR count). The van der Waals surface area contributed by atoms with Crippen LogP contribution in [0.25, 0.3) is 10.8 Å². The molecule has 2 bridgehead atoms. The summed E-state index contributed by atoms with van der Waals surface area (Å²) in [6.45, 7) is 5.93. The van der Waals surface area contributed by atoms with E-state index >= 15 is 0 Å². The number of piperidine rings is 2. The Morgan fingerprint density at radius 1 is 1.16 bits per heavy atom. The SMILES string of the molecule is Cc1c(C#N)cccc1[C@@H](N)Nc1nnc(C)c2cnc(N3CC4CCC3CN4C)cc12. The Morgan fingerprint density at radius 3 is 2.69 bits per heavy atom. The van der Waals surface area contributed by atoms with Gasteiger partial charge in [0.2, 0.25) is 0 Å². The summed E-state index contributed by atoms with van der Waals surface area (Å²) in [6.07, 6.45) is 3.84. The first-order chi connectivity index (χ1) is 15.5. The van der Waals surface area contributed by atoms with E-state index in [1.807, 2.05) is 32.2 Å². The van der Waals surface area contributed by atoms with Gasteiger partial charge in [-0.2, -0.15) is 10.4 Å². The molecule has 2 unspecified atom stereocenters. The zero-order chi connectivity index (χ0) is 22.4. The van der Waals surface area contributed by atoms with Crippen molar-refractivity contribution in [1.82, 2.24) is 20.1 Å². The number of pyridine rings is 1. The van der Waals surface area contributed by atoms with Crippen LogP contribution in [0.3, 0.4) is 0 Å². The third-order valence-corrected chi connectivity index (χ3v) is 7.06. The van der Waals surface area contributed by atoms with Gasteiger partial charge in [-0.25, -0.2) is 4.98 Å². The van der Waals surface area contributed by atoms with Crippen LogP contribution in [-0.4, -0.2) is 52.3 Å². The third-order valence-electron chi connectivity index (χ3n) is 7.06. The van der Waals surface area contributed by atoms with E-state index in [1.165, 1.54) is 12.8 Å². The molecule has 0 aliphatic carbocycles. The molecule has 3 aromatic rings. The smallest absolute Gasteiger partial charge is 0.158 e. The molecule has 3 aliphatic rings. The lowest BCUT2D eigenvalue weighted by molar-refractivity contribution is 0.124. The Kier molecular flexibility index (Phi) is 5.16. The van der Waals surface area contributed by atoms with E-state index in [4.69, 9.17) is 10.7 Å². The Morgan fingerprint density at radius 2 is 1.97 bits per heavy atom. The Balaban J connectivity index is 1.51. The van der Waals surface area contributed by atoms with Crippen molar-refractivity contribution in [3.63, 3.8) is 0 Å². The minimum atomic E-state index is -0.514. The average molecular weight is 429 g/mol. The number of benzene rings is 1. The Bertz CT molecular complexity index is 1220. The maximum Gasteiger partial charge on any atom is 0.158 e. The number of hydrogen-bond acceptors (Lipinski definition) is 8. The molecule has 3 fully saturated rings. The highest BCUT2D eigenvalue weighted by Gasteiger charge is 2.37. The number of nitrogens with one attached hydrogen (secondary N) is 1. The first-order valence-electron chi connectivity index (χ1n) is 11.1. The predicted molar refractivity (Wildman–Crippen MR) is 125 cm³/mol. The van der Waals surface area contributed by atoms with Crippen LogP contribution in [0.4, 0.5) is 11.6 Å². The van der Waals surface area contributed by atoms with Crippen LogP contribution >= 0.6 is 0 Å². The normalized spacial score (nSPS) is 21.5. The summed E-state index contributed by atoms with van der Waals surface area (Å²) in [4.78, 5) is 9.70. The van der Waals surface area contributed by atoms with Gasteiger partial charge in [-0.3, -0.25) is 4.90 Å². The molecule has 0 saturated carbocycles. The van der Waals surface area contributed by atoms with Crippen molar-refractivity contribution >= 4 is 22.4 Å². The van der Waals surface area contributed by atoms with Gasteiger partial charge in [0.25, 0.3) is 0 Å². The number of nitrogens with two attached hydrogens (primary N) is 1. The highest BCUT2D eigenvalue weighted by Crippen LogP contribution is 2.34. The summed E-state index contributed by atoms with van der Waals surface area (Å²) in [5, 5.41) is 23.4. The van der Waals surface area contributed by atoms with E-state index in [0.29, 0.717) is 23.5 Å².